The lowest BCUT2D eigenvalue weighted by Gasteiger charge is -2.13. The van der Waals surface area contributed by atoms with Gasteiger partial charge in [0, 0.05) is 22.2 Å². The largest absolute Gasteiger partial charge is 0.488 e. The summed E-state index contributed by atoms with van der Waals surface area (Å²) in [4.78, 5) is 0. The molecule has 2 aromatic rings. The fourth-order valence-corrected chi connectivity index (χ4v) is 2.18. The average molecular weight is 312 g/mol. The lowest BCUT2D eigenvalue weighted by Crippen LogP contribution is -2.11. The van der Waals surface area contributed by atoms with Gasteiger partial charge in [-0.25, -0.2) is 0 Å². The third-order valence-electron chi connectivity index (χ3n) is 2.66. The summed E-state index contributed by atoms with van der Waals surface area (Å²) in [6.07, 6.45) is 0. The molecule has 0 bridgehead atoms. The summed E-state index contributed by atoms with van der Waals surface area (Å²) in [5.41, 5.74) is 6.18. The number of hydrogen-bond donors (Lipinski definition) is 1. The second-order valence-electron chi connectivity index (χ2n) is 4.07. The van der Waals surface area contributed by atoms with E-state index < -0.39 is 0 Å². The molecule has 0 aromatic heterocycles. The van der Waals surface area contributed by atoms with E-state index in [-0.39, 0.29) is 6.61 Å². The molecular formula is C15H15Cl2NO2. The topological polar surface area (TPSA) is 44.5 Å². The van der Waals surface area contributed by atoms with Crippen LogP contribution in [0.25, 0.3) is 0 Å². The molecule has 5 heteroatoms. The summed E-state index contributed by atoms with van der Waals surface area (Å²) in [7, 11) is 0. The van der Waals surface area contributed by atoms with E-state index in [1.807, 2.05) is 24.3 Å². The lowest BCUT2D eigenvalue weighted by molar-refractivity contribution is 0.266. The Labute approximate surface area is 128 Å². The highest BCUT2D eigenvalue weighted by Gasteiger charge is 2.09. The maximum atomic E-state index is 6.11. The van der Waals surface area contributed by atoms with E-state index in [9.17, 15) is 0 Å². The van der Waals surface area contributed by atoms with Crippen molar-refractivity contribution in [2.24, 2.45) is 5.73 Å². The molecule has 0 heterocycles. The van der Waals surface area contributed by atoms with Crippen molar-refractivity contribution in [2.75, 3.05) is 13.2 Å². The van der Waals surface area contributed by atoms with Gasteiger partial charge in [0.1, 0.15) is 13.2 Å². The molecule has 0 aliphatic heterocycles. The van der Waals surface area contributed by atoms with Gasteiger partial charge in [-0.05, 0) is 24.3 Å². The molecule has 2 rings (SSSR count). The zero-order valence-electron chi connectivity index (χ0n) is 10.8. The average Bonchev–Trinajstić information content (AvgIpc) is 2.45. The second kappa shape index (κ2) is 7.39. The highest BCUT2D eigenvalue weighted by atomic mass is 35.5. The SMILES string of the molecule is NCCOc1ccccc1OCc1c(Cl)cccc1Cl. The van der Waals surface area contributed by atoms with Gasteiger partial charge >= 0.3 is 0 Å². The number of ether oxygens (including phenoxy) is 2. The minimum Gasteiger partial charge on any atom is -0.488 e. The van der Waals surface area contributed by atoms with Crippen LogP contribution in [0.4, 0.5) is 0 Å². The standard InChI is InChI=1S/C15H15Cl2NO2/c16-12-4-3-5-13(17)11(12)10-20-15-7-2-1-6-14(15)19-9-8-18/h1-7H,8-10,18H2. The molecule has 0 unspecified atom stereocenters. The molecule has 0 atom stereocenters. The molecule has 0 saturated heterocycles. The predicted molar refractivity (Wildman–Crippen MR) is 81.8 cm³/mol. The van der Waals surface area contributed by atoms with Crippen molar-refractivity contribution in [3.05, 3.63) is 58.1 Å². The Kier molecular flexibility index (Phi) is 5.53. The smallest absolute Gasteiger partial charge is 0.161 e. The Hall–Kier alpha value is -1.42. The molecular weight excluding hydrogens is 297 g/mol. The van der Waals surface area contributed by atoms with Gasteiger partial charge in [-0.3, -0.25) is 0 Å². The van der Waals surface area contributed by atoms with Crippen LogP contribution in [-0.4, -0.2) is 13.2 Å². The fourth-order valence-electron chi connectivity index (χ4n) is 1.68. The van der Waals surface area contributed by atoms with E-state index in [4.69, 9.17) is 38.4 Å². The van der Waals surface area contributed by atoms with E-state index >= 15 is 0 Å². The molecule has 2 aromatic carbocycles. The van der Waals surface area contributed by atoms with Gasteiger partial charge in [-0.2, -0.15) is 0 Å². The van der Waals surface area contributed by atoms with Crippen molar-refractivity contribution in [2.45, 2.75) is 6.61 Å². The van der Waals surface area contributed by atoms with E-state index in [1.54, 1.807) is 18.2 Å². The maximum Gasteiger partial charge on any atom is 0.161 e. The summed E-state index contributed by atoms with van der Waals surface area (Å²) >= 11 is 12.2. The van der Waals surface area contributed by atoms with Crippen LogP contribution in [0.3, 0.4) is 0 Å². The van der Waals surface area contributed by atoms with Crippen molar-refractivity contribution in [1.82, 2.24) is 0 Å². The highest BCUT2D eigenvalue weighted by Crippen LogP contribution is 2.30. The summed E-state index contributed by atoms with van der Waals surface area (Å²) in [6, 6.07) is 12.8. The zero-order valence-corrected chi connectivity index (χ0v) is 12.3. The molecule has 0 aliphatic rings. The van der Waals surface area contributed by atoms with Gasteiger partial charge in [0.2, 0.25) is 0 Å². The monoisotopic (exact) mass is 311 g/mol. The van der Waals surface area contributed by atoms with Crippen LogP contribution in [0.2, 0.25) is 10.0 Å². The number of para-hydroxylation sites is 2. The molecule has 2 N–H and O–H groups in total. The number of halogens is 2. The molecule has 3 nitrogen and oxygen atoms in total. The van der Waals surface area contributed by atoms with E-state index in [1.165, 1.54) is 0 Å². The Morgan fingerprint density at radius 1 is 0.850 bits per heavy atom. The fraction of sp³-hybridized carbons (Fsp3) is 0.200. The first-order valence-electron chi connectivity index (χ1n) is 6.20. The van der Waals surface area contributed by atoms with E-state index in [0.717, 1.165) is 5.56 Å². The summed E-state index contributed by atoms with van der Waals surface area (Å²) in [5, 5.41) is 1.16. The van der Waals surface area contributed by atoms with Crippen LogP contribution in [0.1, 0.15) is 5.56 Å². The first kappa shape index (κ1) is 15.0. The molecule has 0 amide bonds. The van der Waals surface area contributed by atoms with Gasteiger partial charge < -0.3 is 15.2 Å². The highest BCUT2D eigenvalue weighted by molar-refractivity contribution is 6.35. The Morgan fingerprint density at radius 2 is 1.45 bits per heavy atom. The molecule has 106 valence electrons. The Bertz CT molecular complexity index is 555. The van der Waals surface area contributed by atoms with Crippen molar-refractivity contribution in [3.8, 4) is 11.5 Å². The van der Waals surface area contributed by atoms with Crippen LogP contribution in [0.5, 0.6) is 11.5 Å². The molecule has 0 aliphatic carbocycles. The molecule has 20 heavy (non-hydrogen) atoms. The lowest BCUT2D eigenvalue weighted by atomic mass is 10.2. The minimum atomic E-state index is 0.279. The number of nitrogens with two attached hydrogens (primary N) is 1. The normalized spacial score (nSPS) is 10.3. The van der Waals surface area contributed by atoms with Gasteiger partial charge in [0.15, 0.2) is 11.5 Å². The summed E-state index contributed by atoms with van der Waals surface area (Å²) < 4.78 is 11.3. The minimum absolute atomic E-state index is 0.279. The van der Waals surface area contributed by atoms with Crippen molar-refractivity contribution < 1.29 is 9.47 Å². The number of hydrogen-bond acceptors (Lipinski definition) is 3. The maximum absolute atomic E-state index is 6.11. The second-order valence-corrected chi connectivity index (χ2v) is 4.89. The van der Waals surface area contributed by atoms with Gasteiger partial charge in [0.05, 0.1) is 0 Å². The van der Waals surface area contributed by atoms with Crippen molar-refractivity contribution in [1.29, 1.82) is 0 Å². The predicted octanol–water partition coefficient (Wildman–Crippen LogP) is 3.91. The van der Waals surface area contributed by atoms with Gasteiger partial charge in [-0.15, -0.1) is 0 Å². The number of rotatable bonds is 6. The third kappa shape index (κ3) is 3.79. The molecule has 0 spiro atoms. The summed E-state index contributed by atoms with van der Waals surface area (Å²) in [6.45, 7) is 1.17. The molecule has 0 radical (unpaired) electrons. The van der Waals surface area contributed by atoms with Gasteiger partial charge in [0.25, 0.3) is 0 Å². The van der Waals surface area contributed by atoms with Crippen LogP contribution >= 0.6 is 23.2 Å². The molecule has 0 saturated carbocycles. The van der Waals surface area contributed by atoms with E-state index in [2.05, 4.69) is 0 Å². The van der Waals surface area contributed by atoms with Crippen LogP contribution < -0.4 is 15.2 Å². The van der Waals surface area contributed by atoms with E-state index in [0.29, 0.717) is 34.7 Å². The van der Waals surface area contributed by atoms with Crippen molar-refractivity contribution in [3.63, 3.8) is 0 Å². The van der Waals surface area contributed by atoms with Crippen LogP contribution in [-0.2, 0) is 6.61 Å². The van der Waals surface area contributed by atoms with Gasteiger partial charge in [-0.1, -0.05) is 41.4 Å². The van der Waals surface area contributed by atoms with Crippen molar-refractivity contribution >= 4 is 23.2 Å². The quantitative estimate of drug-likeness (QED) is 0.879. The Morgan fingerprint density at radius 3 is 2.05 bits per heavy atom. The third-order valence-corrected chi connectivity index (χ3v) is 3.37. The number of benzene rings is 2. The zero-order chi connectivity index (χ0) is 14.4. The first-order valence-corrected chi connectivity index (χ1v) is 6.95. The van der Waals surface area contributed by atoms with Crippen LogP contribution in [0, 0.1) is 0 Å². The summed E-state index contributed by atoms with van der Waals surface area (Å²) in [5.74, 6) is 1.29. The first-order chi connectivity index (χ1) is 9.72. The Balaban J connectivity index is 2.11. The molecule has 0 fully saturated rings. The van der Waals surface area contributed by atoms with Crippen LogP contribution in [0.15, 0.2) is 42.5 Å².